The fourth-order valence-corrected chi connectivity index (χ4v) is 2.99. The molecule has 0 aliphatic carbocycles. The first-order valence-electron chi connectivity index (χ1n) is 8.42. The number of rotatable bonds is 8. The zero-order valence-electron chi connectivity index (χ0n) is 13.9. The number of ether oxygens (including phenoxy) is 1. The van der Waals surface area contributed by atoms with Crippen molar-refractivity contribution in [3.05, 3.63) is 35.9 Å². The minimum atomic E-state index is -0.315. The molecule has 1 unspecified atom stereocenters. The predicted octanol–water partition coefficient (Wildman–Crippen LogP) is 2.83. The highest BCUT2D eigenvalue weighted by molar-refractivity contribution is 5.85. The van der Waals surface area contributed by atoms with Gasteiger partial charge in [0, 0.05) is 12.6 Å². The van der Waals surface area contributed by atoms with Crippen molar-refractivity contribution in [1.82, 2.24) is 5.32 Å². The average molecular weight is 341 g/mol. The number of hydrogen-bond donors (Lipinski definition) is 2. The Morgan fingerprint density at radius 1 is 1.30 bits per heavy atom. The lowest BCUT2D eigenvalue weighted by atomic mass is 10.0. The van der Waals surface area contributed by atoms with Gasteiger partial charge >= 0.3 is 0 Å². The molecule has 1 aliphatic rings. The number of nitrogens with one attached hydrogen (secondary N) is 1. The van der Waals surface area contributed by atoms with E-state index in [1.165, 1.54) is 5.56 Å². The van der Waals surface area contributed by atoms with Gasteiger partial charge in [0.25, 0.3) is 0 Å². The van der Waals surface area contributed by atoms with Crippen LogP contribution in [0.1, 0.15) is 44.6 Å². The summed E-state index contributed by atoms with van der Waals surface area (Å²) in [6.45, 7) is 2.65. The minimum Gasteiger partial charge on any atom is -0.364 e. The smallest absolute Gasteiger partial charge is 0.249 e. The number of carbonyl (C=O) groups is 1. The van der Waals surface area contributed by atoms with Crippen LogP contribution in [0.15, 0.2) is 30.3 Å². The number of benzene rings is 1. The molecule has 1 aromatic rings. The van der Waals surface area contributed by atoms with Crippen LogP contribution in [0, 0.1) is 0 Å². The van der Waals surface area contributed by atoms with Crippen molar-refractivity contribution < 1.29 is 9.53 Å². The number of nitrogens with two attached hydrogens (primary N) is 1. The van der Waals surface area contributed by atoms with Crippen LogP contribution in [0.5, 0.6) is 0 Å². The zero-order valence-corrected chi connectivity index (χ0v) is 14.7. The van der Waals surface area contributed by atoms with Crippen molar-refractivity contribution >= 4 is 18.3 Å². The van der Waals surface area contributed by atoms with Crippen molar-refractivity contribution in [3.8, 4) is 0 Å². The second-order valence-electron chi connectivity index (χ2n) is 6.08. The summed E-state index contributed by atoms with van der Waals surface area (Å²) in [6, 6.07) is 10.6. The molecule has 2 rings (SSSR count). The maximum absolute atomic E-state index is 12.3. The number of aryl methyl sites for hydroxylation is 1. The molecular formula is C18H29ClN2O2. The van der Waals surface area contributed by atoms with Crippen LogP contribution in [0.2, 0.25) is 0 Å². The number of carbonyl (C=O) groups excluding carboxylic acids is 1. The highest BCUT2D eigenvalue weighted by Crippen LogP contribution is 2.19. The van der Waals surface area contributed by atoms with Gasteiger partial charge in [-0.1, -0.05) is 43.7 Å². The van der Waals surface area contributed by atoms with Gasteiger partial charge in [-0.2, -0.15) is 0 Å². The SMILES string of the molecule is CCCC(CCc1ccccc1)NC(=O)[C@@H]1CC[C@H](CN)O1.Cl. The van der Waals surface area contributed by atoms with Crippen LogP contribution >= 0.6 is 12.4 Å². The third kappa shape index (κ3) is 6.50. The third-order valence-electron chi connectivity index (χ3n) is 4.27. The van der Waals surface area contributed by atoms with Crippen molar-refractivity contribution in [1.29, 1.82) is 0 Å². The van der Waals surface area contributed by atoms with Gasteiger partial charge in [0.1, 0.15) is 6.10 Å². The Kier molecular flexibility index (Phi) is 9.22. The quantitative estimate of drug-likeness (QED) is 0.764. The first-order valence-corrected chi connectivity index (χ1v) is 8.42. The van der Waals surface area contributed by atoms with Gasteiger partial charge in [-0.3, -0.25) is 4.79 Å². The predicted molar refractivity (Wildman–Crippen MR) is 95.8 cm³/mol. The van der Waals surface area contributed by atoms with E-state index in [1.807, 2.05) is 6.07 Å². The zero-order chi connectivity index (χ0) is 15.8. The summed E-state index contributed by atoms with van der Waals surface area (Å²) in [5.74, 6) is 0.0301. The number of halogens is 1. The Bertz CT molecular complexity index is 456. The standard InChI is InChI=1S/C18H28N2O2.ClH/c1-2-6-15(10-9-14-7-4-3-5-8-14)20-18(21)17-12-11-16(13-19)22-17;/h3-5,7-8,15-17H,2,6,9-13,19H2,1H3,(H,20,21);1H/t15?,16-,17+;/m1./s1. The van der Waals surface area contributed by atoms with Gasteiger partial charge in [-0.25, -0.2) is 0 Å². The van der Waals surface area contributed by atoms with Gasteiger partial charge in [0.2, 0.25) is 5.91 Å². The second kappa shape index (κ2) is 10.6. The van der Waals surface area contributed by atoms with E-state index in [2.05, 4.69) is 36.5 Å². The van der Waals surface area contributed by atoms with Crippen LogP contribution in [0.4, 0.5) is 0 Å². The number of hydrogen-bond acceptors (Lipinski definition) is 3. The Morgan fingerprint density at radius 3 is 2.65 bits per heavy atom. The second-order valence-corrected chi connectivity index (χ2v) is 6.08. The molecule has 1 aromatic carbocycles. The van der Waals surface area contributed by atoms with E-state index in [9.17, 15) is 4.79 Å². The third-order valence-corrected chi connectivity index (χ3v) is 4.27. The van der Waals surface area contributed by atoms with E-state index in [0.29, 0.717) is 6.54 Å². The van der Waals surface area contributed by atoms with E-state index < -0.39 is 0 Å². The molecule has 0 radical (unpaired) electrons. The largest absolute Gasteiger partial charge is 0.364 e. The van der Waals surface area contributed by atoms with Gasteiger partial charge < -0.3 is 15.8 Å². The van der Waals surface area contributed by atoms with Crippen LogP contribution in [-0.2, 0) is 16.0 Å². The van der Waals surface area contributed by atoms with Crippen LogP contribution in [0.25, 0.3) is 0 Å². The lowest BCUT2D eigenvalue weighted by Gasteiger charge is -2.21. The topological polar surface area (TPSA) is 64.4 Å². The molecule has 1 heterocycles. The first kappa shape index (κ1) is 19.9. The van der Waals surface area contributed by atoms with E-state index in [1.54, 1.807) is 0 Å². The van der Waals surface area contributed by atoms with E-state index >= 15 is 0 Å². The molecule has 1 amide bonds. The summed E-state index contributed by atoms with van der Waals surface area (Å²) in [5.41, 5.74) is 6.92. The maximum Gasteiger partial charge on any atom is 0.249 e. The van der Waals surface area contributed by atoms with Crippen molar-refractivity contribution in [2.45, 2.75) is 63.7 Å². The molecule has 4 nitrogen and oxygen atoms in total. The summed E-state index contributed by atoms with van der Waals surface area (Å²) in [5, 5.41) is 3.17. The molecule has 3 N–H and O–H groups in total. The van der Waals surface area contributed by atoms with Gasteiger partial charge in [-0.15, -0.1) is 12.4 Å². The van der Waals surface area contributed by atoms with Gasteiger partial charge in [0.05, 0.1) is 6.10 Å². The van der Waals surface area contributed by atoms with Gasteiger partial charge in [0.15, 0.2) is 0 Å². The molecule has 1 fully saturated rings. The lowest BCUT2D eigenvalue weighted by molar-refractivity contribution is -0.132. The van der Waals surface area contributed by atoms with E-state index in [0.717, 1.165) is 38.5 Å². The molecule has 0 spiro atoms. The highest BCUT2D eigenvalue weighted by Gasteiger charge is 2.30. The van der Waals surface area contributed by atoms with E-state index in [4.69, 9.17) is 10.5 Å². The Balaban J connectivity index is 0.00000264. The molecular weight excluding hydrogens is 312 g/mol. The summed E-state index contributed by atoms with van der Waals surface area (Å²) >= 11 is 0. The van der Waals surface area contributed by atoms with E-state index in [-0.39, 0.29) is 36.6 Å². The summed E-state index contributed by atoms with van der Waals surface area (Å²) < 4.78 is 5.68. The normalized spacial score (nSPS) is 21.5. The minimum absolute atomic E-state index is 0. The molecule has 0 aromatic heterocycles. The monoisotopic (exact) mass is 340 g/mol. The molecule has 1 saturated heterocycles. The summed E-state index contributed by atoms with van der Waals surface area (Å²) in [6.07, 6.45) is 5.43. The lowest BCUT2D eigenvalue weighted by Crippen LogP contribution is -2.42. The molecule has 0 saturated carbocycles. The first-order chi connectivity index (χ1) is 10.7. The average Bonchev–Trinajstić information content (AvgIpc) is 3.03. The highest BCUT2D eigenvalue weighted by atomic mass is 35.5. The van der Waals surface area contributed by atoms with Crippen molar-refractivity contribution in [3.63, 3.8) is 0 Å². The van der Waals surface area contributed by atoms with Crippen LogP contribution in [-0.4, -0.2) is 30.7 Å². The van der Waals surface area contributed by atoms with Gasteiger partial charge in [-0.05, 0) is 37.7 Å². The molecule has 23 heavy (non-hydrogen) atoms. The number of amides is 1. The molecule has 0 bridgehead atoms. The van der Waals surface area contributed by atoms with Crippen LogP contribution < -0.4 is 11.1 Å². The molecule has 5 heteroatoms. The van der Waals surface area contributed by atoms with Crippen molar-refractivity contribution in [2.75, 3.05) is 6.54 Å². The fraction of sp³-hybridized carbons (Fsp3) is 0.611. The summed E-state index contributed by atoms with van der Waals surface area (Å²) in [7, 11) is 0. The Labute approximate surface area is 145 Å². The Morgan fingerprint density at radius 2 is 2.04 bits per heavy atom. The maximum atomic E-state index is 12.3. The van der Waals surface area contributed by atoms with Crippen molar-refractivity contribution in [2.24, 2.45) is 5.73 Å². The summed E-state index contributed by atoms with van der Waals surface area (Å²) in [4.78, 5) is 12.3. The molecule has 1 aliphatic heterocycles. The molecule has 130 valence electrons. The Hall–Kier alpha value is -1.10. The van der Waals surface area contributed by atoms with Crippen LogP contribution in [0.3, 0.4) is 0 Å². The molecule has 3 atom stereocenters. The fourth-order valence-electron chi connectivity index (χ4n) is 2.99.